The molecule has 0 aliphatic rings. The van der Waals surface area contributed by atoms with Gasteiger partial charge in [-0.2, -0.15) is 0 Å². The van der Waals surface area contributed by atoms with Gasteiger partial charge in [-0.05, 0) is 24.8 Å². The number of hydrogen-bond donors (Lipinski definition) is 3. The molecule has 0 unspecified atom stereocenters. The lowest BCUT2D eigenvalue weighted by Crippen LogP contribution is -2.14. The first-order chi connectivity index (χ1) is 6.61. The van der Waals surface area contributed by atoms with E-state index in [0.29, 0.717) is 0 Å². The van der Waals surface area contributed by atoms with Crippen molar-refractivity contribution in [3.05, 3.63) is 24.3 Å². The van der Waals surface area contributed by atoms with Crippen LogP contribution in [0.5, 0.6) is 0 Å². The molecule has 1 aromatic heterocycles. The second kappa shape index (κ2) is 4.83. The highest BCUT2D eigenvalue weighted by molar-refractivity contribution is 8.26. The van der Waals surface area contributed by atoms with Crippen LogP contribution in [0.2, 0.25) is 0 Å². The summed E-state index contributed by atoms with van der Waals surface area (Å²) in [5, 5.41) is 24.0. The Hall–Kier alpha value is -1.27. The van der Waals surface area contributed by atoms with E-state index in [9.17, 15) is 0 Å². The third-order valence-electron chi connectivity index (χ3n) is 1.36. The standard InChI is InChI=1S/C8H10N4OS/c1-5(13)6(9)14-7(10)8-11-3-2-4-12-8/h2-5,9-10,13H,1H3/t5-/m1/s1. The molecule has 0 fully saturated rings. The molecule has 14 heavy (non-hydrogen) atoms. The smallest absolute Gasteiger partial charge is 0.184 e. The van der Waals surface area contributed by atoms with E-state index in [1.165, 1.54) is 19.3 Å². The van der Waals surface area contributed by atoms with Crippen LogP contribution in [0, 0.1) is 10.8 Å². The van der Waals surface area contributed by atoms with Gasteiger partial charge in [0.05, 0.1) is 11.1 Å². The predicted octanol–water partition coefficient (Wildman–Crippen LogP) is 0.893. The van der Waals surface area contributed by atoms with E-state index in [4.69, 9.17) is 15.9 Å². The number of nitrogens with zero attached hydrogens (tertiary/aromatic N) is 2. The Kier molecular flexibility index (Phi) is 3.73. The summed E-state index contributed by atoms with van der Waals surface area (Å²) in [6, 6.07) is 1.65. The third kappa shape index (κ3) is 2.90. The zero-order valence-corrected chi connectivity index (χ0v) is 8.38. The fourth-order valence-corrected chi connectivity index (χ4v) is 1.24. The minimum Gasteiger partial charge on any atom is -0.387 e. The van der Waals surface area contributed by atoms with Crippen molar-refractivity contribution >= 4 is 21.8 Å². The SMILES string of the molecule is C[C@@H](O)C(=N)SC(=N)c1ncccn1. The highest BCUT2D eigenvalue weighted by Gasteiger charge is 2.11. The molecule has 0 spiro atoms. The fourth-order valence-electron chi connectivity index (χ4n) is 0.657. The molecule has 3 N–H and O–H groups in total. The van der Waals surface area contributed by atoms with Crippen LogP contribution in [-0.2, 0) is 0 Å². The lowest BCUT2D eigenvalue weighted by molar-refractivity contribution is 0.264. The lowest BCUT2D eigenvalue weighted by Gasteiger charge is -2.05. The topological polar surface area (TPSA) is 93.7 Å². The number of rotatable bonds is 2. The molecule has 0 bridgehead atoms. The zero-order chi connectivity index (χ0) is 10.6. The Morgan fingerprint density at radius 1 is 1.43 bits per heavy atom. The van der Waals surface area contributed by atoms with E-state index in [2.05, 4.69) is 9.97 Å². The molecule has 1 aromatic rings. The Morgan fingerprint density at radius 2 is 2.00 bits per heavy atom. The highest BCUT2D eigenvalue weighted by Crippen LogP contribution is 2.11. The molecule has 0 radical (unpaired) electrons. The molecule has 6 heteroatoms. The predicted molar refractivity (Wildman–Crippen MR) is 55.9 cm³/mol. The number of thioether (sulfide) groups is 1. The van der Waals surface area contributed by atoms with Gasteiger partial charge >= 0.3 is 0 Å². The van der Waals surface area contributed by atoms with Crippen molar-refractivity contribution in [3.8, 4) is 0 Å². The summed E-state index contributed by atoms with van der Waals surface area (Å²) in [5.74, 6) is 0.267. The Balaban J connectivity index is 2.65. The molecule has 0 aromatic carbocycles. The van der Waals surface area contributed by atoms with E-state index >= 15 is 0 Å². The highest BCUT2D eigenvalue weighted by atomic mass is 32.2. The molecule has 1 rings (SSSR count). The molecular formula is C8H10N4OS. The number of nitrogens with one attached hydrogen (secondary N) is 2. The third-order valence-corrected chi connectivity index (χ3v) is 2.31. The lowest BCUT2D eigenvalue weighted by atomic mass is 10.5. The number of aromatic nitrogens is 2. The van der Waals surface area contributed by atoms with Crippen molar-refractivity contribution in [1.29, 1.82) is 10.8 Å². The van der Waals surface area contributed by atoms with Crippen molar-refractivity contribution < 1.29 is 5.11 Å². The number of aliphatic hydroxyl groups excluding tert-OH is 1. The van der Waals surface area contributed by atoms with Crippen molar-refractivity contribution in [2.75, 3.05) is 0 Å². The quantitative estimate of drug-likeness (QED) is 0.499. The molecule has 1 heterocycles. The maximum atomic E-state index is 9.03. The minimum absolute atomic E-state index is 0.0162. The van der Waals surface area contributed by atoms with Crippen LogP contribution in [0.4, 0.5) is 0 Å². The average molecular weight is 210 g/mol. The summed E-state index contributed by atoms with van der Waals surface area (Å²) >= 11 is 0.852. The molecule has 0 amide bonds. The maximum Gasteiger partial charge on any atom is 0.184 e. The molecule has 0 saturated carbocycles. The van der Waals surface area contributed by atoms with Gasteiger partial charge in [-0.25, -0.2) is 9.97 Å². The Morgan fingerprint density at radius 3 is 2.50 bits per heavy atom. The van der Waals surface area contributed by atoms with Gasteiger partial charge in [0, 0.05) is 12.4 Å². The zero-order valence-electron chi connectivity index (χ0n) is 7.56. The van der Waals surface area contributed by atoms with Crippen LogP contribution in [0.25, 0.3) is 0 Å². The van der Waals surface area contributed by atoms with Gasteiger partial charge in [0.1, 0.15) is 5.04 Å². The van der Waals surface area contributed by atoms with E-state index in [-0.39, 0.29) is 15.9 Å². The minimum atomic E-state index is -0.857. The van der Waals surface area contributed by atoms with Crippen LogP contribution < -0.4 is 0 Å². The number of aliphatic hydroxyl groups is 1. The van der Waals surface area contributed by atoms with Crippen molar-refractivity contribution in [1.82, 2.24) is 9.97 Å². The summed E-state index contributed by atoms with van der Waals surface area (Å²) < 4.78 is 0. The van der Waals surface area contributed by atoms with Crippen molar-refractivity contribution in [3.63, 3.8) is 0 Å². The van der Waals surface area contributed by atoms with Crippen LogP contribution in [0.3, 0.4) is 0 Å². The molecule has 74 valence electrons. The van der Waals surface area contributed by atoms with Crippen molar-refractivity contribution in [2.45, 2.75) is 13.0 Å². The molecular weight excluding hydrogens is 200 g/mol. The molecule has 1 atom stereocenters. The average Bonchev–Trinajstić information content (AvgIpc) is 2.19. The van der Waals surface area contributed by atoms with E-state index in [1.807, 2.05) is 0 Å². The molecule has 0 aliphatic carbocycles. The summed E-state index contributed by atoms with van der Waals surface area (Å²) in [7, 11) is 0. The first-order valence-corrected chi connectivity index (χ1v) is 4.73. The molecule has 0 saturated heterocycles. The maximum absolute atomic E-state index is 9.03. The second-order valence-electron chi connectivity index (χ2n) is 2.54. The van der Waals surface area contributed by atoms with Gasteiger partial charge in [-0.1, -0.05) is 0 Å². The normalized spacial score (nSPS) is 12.1. The van der Waals surface area contributed by atoms with Gasteiger partial charge in [-0.15, -0.1) is 0 Å². The largest absolute Gasteiger partial charge is 0.387 e. The number of hydrogen-bond acceptors (Lipinski definition) is 6. The van der Waals surface area contributed by atoms with E-state index in [0.717, 1.165) is 11.8 Å². The summed E-state index contributed by atoms with van der Waals surface area (Å²) in [6.45, 7) is 1.48. The van der Waals surface area contributed by atoms with Crippen LogP contribution in [0.15, 0.2) is 18.5 Å². The van der Waals surface area contributed by atoms with Crippen LogP contribution >= 0.6 is 11.8 Å². The van der Waals surface area contributed by atoms with Gasteiger partial charge < -0.3 is 5.11 Å². The molecule has 0 aliphatic heterocycles. The summed E-state index contributed by atoms with van der Waals surface area (Å²) in [6.07, 6.45) is 2.21. The van der Waals surface area contributed by atoms with E-state index < -0.39 is 6.10 Å². The van der Waals surface area contributed by atoms with Gasteiger partial charge in [0.25, 0.3) is 0 Å². The first-order valence-electron chi connectivity index (χ1n) is 3.91. The molecule has 5 nitrogen and oxygen atoms in total. The van der Waals surface area contributed by atoms with Gasteiger partial charge in [-0.3, -0.25) is 10.8 Å². The monoisotopic (exact) mass is 210 g/mol. The summed E-state index contributed by atoms with van der Waals surface area (Å²) in [5.41, 5.74) is 0. The van der Waals surface area contributed by atoms with Gasteiger partial charge in [0.2, 0.25) is 0 Å². The fraction of sp³-hybridized carbons (Fsp3) is 0.250. The summed E-state index contributed by atoms with van der Waals surface area (Å²) in [4.78, 5) is 7.71. The van der Waals surface area contributed by atoms with Crippen LogP contribution in [0.1, 0.15) is 12.7 Å². The van der Waals surface area contributed by atoms with E-state index in [1.54, 1.807) is 6.07 Å². The van der Waals surface area contributed by atoms with Crippen LogP contribution in [-0.4, -0.2) is 31.3 Å². The Labute approximate surface area is 85.6 Å². The van der Waals surface area contributed by atoms with Gasteiger partial charge in [0.15, 0.2) is 5.82 Å². The van der Waals surface area contributed by atoms with Crippen molar-refractivity contribution in [2.24, 2.45) is 0 Å². The first kappa shape index (κ1) is 10.8. The second-order valence-corrected chi connectivity index (χ2v) is 3.60. The Bertz CT molecular complexity index is 338.